The minimum absolute atomic E-state index is 0.480. The van der Waals surface area contributed by atoms with Crippen LogP contribution in [0.25, 0.3) is 0 Å². The number of unbranched alkanes of at least 4 members (excludes halogenated alkanes) is 3. The summed E-state index contributed by atoms with van der Waals surface area (Å²) in [7, 11) is 0. The van der Waals surface area contributed by atoms with Gasteiger partial charge in [-0.15, -0.1) is 0 Å². The molecule has 0 unspecified atom stereocenters. The van der Waals surface area contributed by atoms with Crippen LogP contribution in [-0.4, -0.2) is 43.7 Å². The highest BCUT2D eigenvalue weighted by Gasteiger charge is 2.14. The fraction of sp³-hybridized carbons (Fsp3) is 1.00. The van der Waals surface area contributed by atoms with Gasteiger partial charge in [-0.05, 0) is 64.8 Å². The zero-order valence-electron chi connectivity index (χ0n) is 14.3. The quantitative estimate of drug-likeness (QED) is 0.638. The molecule has 0 bridgehead atoms. The number of rotatable bonds is 9. The first kappa shape index (κ1) is 19.9. The van der Waals surface area contributed by atoms with Crippen LogP contribution in [0.2, 0.25) is 0 Å². The van der Waals surface area contributed by atoms with Crippen molar-refractivity contribution in [1.29, 1.82) is 0 Å². The minimum Gasteiger partial charge on any atom is -0.328 e. The van der Waals surface area contributed by atoms with Gasteiger partial charge in [0.15, 0.2) is 0 Å². The molecule has 0 radical (unpaired) electrons. The molecule has 1 aliphatic heterocycles. The Labute approximate surface area is 127 Å². The van der Waals surface area contributed by atoms with Gasteiger partial charge in [0.05, 0.1) is 0 Å². The lowest BCUT2D eigenvalue weighted by molar-refractivity contribution is 0.210. The fourth-order valence-electron chi connectivity index (χ4n) is 2.29. The highest BCUT2D eigenvalue weighted by atomic mass is 15.1. The summed E-state index contributed by atoms with van der Waals surface area (Å²) in [6.07, 6.45) is 10.3. The molecule has 3 N–H and O–H groups in total. The van der Waals surface area contributed by atoms with Gasteiger partial charge in [-0.3, -0.25) is 0 Å². The highest BCUT2D eigenvalue weighted by Crippen LogP contribution is 2.08. The molecule has 1 heterocycles. The Morgan fingerprint density at radius 1 is 0.900 bits per heavy atom. The summed E-state index contributed by atoms with van der Waals surface area (Å²) in [6.45, 7) is 12.8. The molecule has 0 atom stereocenters. The molecular formula is C17H39N3. The molecule has 3 heteroatoms. The van der Waals surface area contributed by atoms with Crippen LogP contribution in [0.4, 0.5) is 0 Å². The summed E-state index contributed by atoms with van der Waals surface area (Å²) in [4.78, 5) is 2.53. The van der Waals surface area contributed by atoms with Crippen molar-refractivity contribution in [2.24, 2.45) is 5.73 Å². The Morgan fingerprint density at radius 2 is 1.40 bits per heavy atom. The smallest absolute Gasteiger partial charge is 0.00631 e. The van der Waals surface area contributed by atoms with E-state index < -0.39 is 0 Å². The predicted octanol–water partition coefficient (Wildman–Crippen LogP) is 3.39. The van der Waals surface area contributed by atoms with Crippen molar-refractivity contribution in [3.8, 4) is 0 Å². The van der Waals surface area contributed by atoms with E-state index in [4.69, 9.17) is 5.73 Å². The van der Waals surface area contributed by atoms with Crippen molar-refractivity contribution >= 4 is 0 Å². The van der Waals surface area contributed by atoms with E-state index in [0.29, 0.717) is 6.04 Å². The first-order valence-electron chi connectivity index (χ1n) is 8.93. The van der Waals surface area contributed by atoms with Crippen molar-refractivity contribution in [3.63, 3.8) is 0 Å². The minimum atomic E-state index is 0.480. The van der Waals surface area contributed by atoms with Gasteiger partial charge < -0.3 is 16.0 Å². The van der Waals surface area contributed by atoms with Crippen molar-refractivity contribution in [1.82, 2.24) is 10.2 Å². The van der Waals surface area contributed by atoms with Gasteiger partial charge in [-0.25, -0.2) is 0 Å². The molecule has 1 rings (SSSR count). The van der Waals surface area contributed by atoms with Gasteiger partial charge in [0.25, 0.3) is 0 Å². The Hall–Kier alpha value is -0.120. The van der Waals surface area contributed by atoms with Gasteiger partial charge >= 0.3 is 0 Å². The van der Waals surface area contributed by atoms with E-state index in [2.05, 4.69) is 31.0 Å². The molecule has 20 heavy (non-hydrogen) atoms. The van der Waals surface area contributed by atoms with E-state index in [-0.39, 0.29) is 0 Å². The van der Waals surface area contributed by atoms with Crippen LogP contribution in [0.15, 0.2) is 0 Å². The topological polar surface area (TPSA) is 41.3 Å². The van der Waals surface area contributed by atoms with E-state index in [9.17, 15) is 0 Å². The molecule has 1 fully saturated rings. The zero-order chi connectivity index (χ0) is 15.1. The molecule has 1 saturated heterocycles. The number of nitrogens with one attached hydrogen (secondary N) is 1. The number of hydrogen-bond acceptors (Lipinski definition) is 3. The normalized spacial score (nSPS) is 16.8. The Bertz CT molecular complexity index is 168. The van der Waals surface area contributed by atoms with E-state index >= 15 is 0 Å². The van der Waals surface area contributed by atoms with Crippen LogP contribution in [0.5, 0.6) is 0 Å². The zero-order valence-corrected chi connectivity index (χ0v) is 14.3. The van der Waals surface area contributed by atoms with Gasteiger partial charge in [-0.1, -0.05) is 40.0 Å². The van der Waals surface area contributed by atoms with Crippen LogP contribution in [0.3, 0.4) is 0 Å². The van der Waals surface area contributed by atoms with Crippen LogP contribution in [-0.2, 0) is 0 Å². The number of nitrogens with two attached hydrogens (primary N) is 1. The lowest BCUT2D eigenvalue weighted by atomic mass is 10.1. The van der Waals surface area contributed by atoms with Gasteiger partial charge in [0, 0.05) is 6.04 Å². The van der Waals surface area contributed by atoms with Crippen LogP contribution < -0.4 is 11.1 Å². The van der Waals surface area contributed by atoms with Crippen molar-refractivity contribution in [3.05, 3.63) is 0 Å². The van der Waals surface area contributed by atoms with Crippen molar-refractivity contribution < 1.29 is 0 Å². The van der Waals surface area contributed by atoms with E-state index in [1.54, 1.807) is 0 Å². The standard InChI is InChI=1S/C9H20N2.C8H19N/c1-2-3-6-11-7-4-9(10)5-8-11;1-3-5-7-9-8-6-4-2/h9H,2-8,10H2,1H3;9H,3-8H2,1-2H3. The van der Waals surface area contributed by atoms with E-state index in [1.165, 1.54) is 84.1 Å². The second kappa shape index (κ2) is 15.3. The molecule has 0 aromatic carbocycles. The van der Waals surface area contributed by atoms with Crippen molar-refractivity contribution in [2.45, 2.75) is 78.2 Å². The molecule has 3 nitrogen and oxygen atoms in total. The average Bonchev–Trinajstić information content (AvgIpc) is 2.47. The predicted molar refractivity (Wildman–Crippen MR) is 91.2 cm³/mol. The lowest BCUT2D eigenvalue weighted by Crippen LogP contribution is -2.39. The number of piperidine rings is 1. The molecule has 0 amide bonds. The molecule has 0 aromatic heterocycles. The fourth-order valence-corrected chi connectivity index (χ4v) is 2.29. The average molecular weight is 286 g/mol. The van der Waals surface area contributed by atoms with Gasteiger partial charge in [0.1, 0.15) is 0 Å². The Balaban J connectivity index is 0.000000370. The molecular weight excluding hydrogens is 246 g/mol. The molecule has 0 spiro atoms. The summed E-state index contributed by atoms with van der Waals surface area (Å²) >= 11 is 0. The van der Waals surface area contributed by atoms with Crippen LogP contribution in [0.1, 0.15) is 72.1 Å². The summed E-state index contributed by atoms with van der Waals surface area (Å²) in [5, 5.41) is 3.39. The summed E-state index contributed by atoms with van der Waals surface area (Å²) in [5.74, 6) is 0. The van der Waals surface area contributed by atoms with Crippen molar-refractivity contribution in [2.75, 3.05) is 32.7 Å². The van der Waals surface area contributed by atoms with E-state index in [0.717, 1.165) is 0 Å². The maximum absolute atomic E-state index is 5.80. The Kier molecular flexibility index (Phi) is 15.2. The lowest BCUT2D eigenvalue weighted by Gasteiger charge is -2.29. The number of nitrogens with zero attached hydrogens (tertiary/aromatic N) is 1. The maximum atomic E-state index is 5.80. The first-order valence-corrected chi connectivity index (χ1v) is 8.93. The third kappa shape index (κ3) is 12.9. The molecule has 0 saturated carbocycles. The Morgan fingerprint density at radius 3 is 1.85 bits per heavy atom. The SMILES string of the molecule is CCCCN1CCC(N)CC1.CCCCNCCCC. The molecule has 0 aliphatic carbocycles. The van der Waals surface area contributed by atoms with Gasteiger partial charge in [-0.2, -0.15) is 0 Å². The second-order valence-electron chi connectivity index (χ2n) is 5.99. The summed E-state index contributed by atoms with van der Waals surface area (Å²) in [6, 6.07) is 0.480. The largest absolute Gasteiger partial charge is 0.328 e. The number of hydrogen-bond donors (Lipinski definition) is 2. The molecule has 1 aliphatic rings. The van der Waals surface area contributed by atoms with Crippen LogP contribution in [0, 0.1) is 0 Å². The van der Waals surface area contributed by atoms with Crippen LogP contribution >= 0.6 is 0 Å². The molecule has 122 valence electrons. The monoisotopic (exact) mass is 285 g/mol. The summed E-state index contributed by atoms with van der Waals surface area (Å²) < 4.78 is 0. The second-order valence-corrected chi connectivity index (χ2v) is 5.99. The highest BCUT2D eigenvalue weighted by molar-refractivity contribution is 4.73. The maximum Gasteiger partial charge on any atom is 0.00631 e. The van der Waals surface area contributed by atoms with E-state index in [1.807, 2.05) is 0 Å². The first-order chi connectivity index (χ1) is 9.74. The molecule has 0 aromatic rings. The number of likely N-dealkylation sites (tertiary alicyclic amines) is 1. The third-order valence-electron chi connectivity index (χ3n) is 3.87. The van der Waals surface area contributed by atoms with Gasteiger partial charge in [0.2, 0.25) is 0 Å². The third-order valence-corrected chi connectivity index (χ3v) is 3.87. The summed E-state index contributed by atoms with van der Waals surface area (Å²) in [5.41, 5.74) is 5.80.